The Bertz CT molecular complexity index is 1140. The zero-order valence-corrected chi connectivity index (χ0v) is 16.1. The molecule has 0 aliphatic heterocycles. The van der Waals surface area contributed by atoms with Gasteiger partial charge in [0.1, 0.15) is 0 Å². The molecule has 0 aliphatic rings. The van der Waals surface area contributed by atoms with Gasteiger partial charge in [-0.05, 0) is 40.7 Å². The minimum Gasteiger partial charge on any atom is -0.300 e. The number of rotatable bonds is 4. The van der Waals surface area contributed by atoms with Crippen LogP contribution in [-0.2, 0) is 13.6 Å². The predicted octanol–water partition coefficient (Wildman–Crippen LogP) is 1.86. The van der Waals surface area contributed by atoms with Crippen LogP contribution in [0.5, 0.6) is 0 Å². The highest BCUT2D eigenvalue weighted by Crippen LogP contribution is 2.21. The summed E-state index contributed by atoms with van der Waals surface area (Å²) in [5.74, 6) is 0.528. The van der Waals surface area contributed by atoms with Crippen LogP contribution in [-0.4, -0.2) is 28.5 Å². The van der Waals surface area contributed by atoms with E-state index in [1.807, 2.05) is 38.3 Å². The highest BCUT2D eigenvalue weighted by atomic mass is 16.2. The maximum Gasteiger partial charge on any atom is 0.332 e. The second-order valence-corrected chi connectivity index (χ2v) is 7.08. The molecule has 0 amide bonds. The number of hydrogen-bond acceptors (Lipinski definition) is 4. The first-order valence-corrected chi connectivity index (χ1v) is 8.53. The summed E-state index contributed by atoms with van der Waals surface area (Å²) in [6.45, 7) is 13.6. The molecule has 0 N–H and O–H groups in total. The molecule has 138 valence electrons. The van der Waals surface area contributed by atoms with Crippen LogP contribution < -0.4 is 11.2 Å². The van der Waals surface area contributed by atoms with Gasteiger partial charge in [0.05, 0.1) is 12.2 Å². The van der Waals surface area contributed by atoms with Crippen LogP contribution in [0.25, 0.3) is 17.1 Å². The minimum absolute atomic E-state index is 0.0395. The molecule has 0 radical (unpaired) electrons. The van der Waals surface area contributed by atoms with Crippen molar-refractivity contribution in [3.63, 3.8) is 0 Å². The smallest absolute Gasteiger partial charge is 0.300 e. The summed E-state index contributed by atoms with van der Waals surface area (Å²) in [6, 6.07) is 1.91. The standard InChI is InChI=1S/C18H24N6O2/c1-10(2)9-22-16(25)14-15(21(7)18(22)26)19-17(23(14)11(3)4)24-13(6)8-12(5)20-24/h8,11H,1,9H2,2-7H3. The third-order valence-corrected chi connectivity index (χ3v) is 4.30. The Kier molecular flexibility index (Phi) is 4.21. The first kappa shape index (κ1) is 17.9. The average molecular weight is 356 g/mol. The van der Waals surface area contributed by atoms with E-state index >= 15 is 0 Å². The monoisotopic (exact) mass is 356 g/mol. The molecular weight excluding hydrogens is 332 g/mol. The molecule has 0 saturated carbocycles. The summed E-state index contributed by atoms with van der Waals surface area (Å²) in [7, 11) is 1.63. The van der Waals surface area contributed by atoms with Gasteiger partial charge in [-0.15, -0.1) is 0 Å². The second-order valence-electron chi connectivity index (χ2n) is 7.08. The van der Waals surface area contributed by atoms with Crippen molar-refractivity contribution in [2.45, 2.75) is 47.2 Å². The number of aryl methyl sites for hydroxylation is 3. The Morgan fingerprint density at radius 2 is 1.92 bits per heavy atom. The lowest BCUT2D eigenvalue weighted by Gasteiger charge is -2.14. The molecule has 0 atom stereocenters. The molecule has 26 heavy (non-hydrogen) atoms. The number of hydrogen-bond donors (Lipinski definition) is 0. The zero-order chi connectivity index (χ0) is 19.3. The van der Waals surface area contributed by atoms with Crippen LogP contribution in [0.2, 0.25) is 0 Å². The van der Waals surface area contributed by atoms with Crippen molar-refractivity contribution in [2.24, 2.45) is 7.05 Å². The van der Waals surface area contributed by atoms with Gasteiger partial charge in [-0.2, -0.15) is 10.1 Å². The molecule has 3 aromatic heterocycles. The van der Waals surface area contributed by atoms with Gasteiger partial charge < -0.3 is 0 Å². The van der Waals surface area contributed by atoms with Crippen LogP contribution in [0.1, 0.15) is 38.2 Å². The van der Waals surface area contributed by atoms with E-state index in [-0.39, 0.29) is 18.1 Å². The SMILES string of the molecule is C=C(C)Cn1c(=O)c2c(nc(-n3nc(C)cc3C)n2C(C)C)n(C)c1=O. The van der Waals surface area contributed by atoms with E-state index in [0.29, 0.717) is 17.1 Å². The van der Waals surface area contributed by atoms with E-state index in [4.69, 9.17) is 0 Å². The van der Waals surface area contributed by atoms with Gasteiger partial charge in [0.2, 0.25) is 5.95 Å². The van der Waals surface area contributed by atoms with E-state index in [2.05, 4.69) is 16.7 Å². The molecule has 0 saturated heterocycles. The van der Waals surface area contributed by atoms with E-state index in [1.54, 1.807) is 18.7 Å². The molecule has 3 rings (SSSR count). The fourth-order valence-corrected chi connectivity index (χ4v) is 3.21. The lowest BCUT2D eigenvalue weighted by molar-refractivity contribution is 0.577. The van der Waals surface area contributed by atoms with Crippen LogP contribution in [0.15, 0.2) is 27.8 Å². The molecule has 8 heteroatoms. The van der Waals surface area contributed by atoms with Gasteiger partial charge in [-0.1, -0.05) is 12.2 Å². The molecule has 3 aromatic rings. The van der Waals surface area contributed by atoms with Crippen molar-refractivity contribution in [1.82, 2.24) is 28.5 Å². The number of allylic oxidation sites excluding steroid dienone is 1. The quantitative estimate of drug-likeness (QED) is 0.668. The first-order valence-electron chi connectivity index (χ1n) is 8.53. The van der Waals surface area contributed by atoms with Crippen LogP contribution in [0.4, 0.5) is 0 Å². The Morgan fingerprint density at radius 3 is 2.42 bits per heavy atom. The fraction of sp³-hybridized carbons (Fsp3) is 0.444. The Labute approximate surface area is 151 Å². The predicted molar refractivity (Wildman–Crippen MR) is 101 cm³/mol. The van der Waals surface area contributed by atoms with Gasteiger partial charge in [-0.25, -0.2) is 9.48 Å². The maximum atomic E-state index is 13.1. The molecule has 8 nitrogen and oxygen atoms in total. The molecule has 0 unspecified atom stereocenters. The molecule has 0 bridgehead atoms. The Hall–Kier alpha value is -2.90. The van der Waals surface area contributed by atoms with Gasteiger partial charge >= 0.3 is 5.69 Å². The van der Waals surface area contributed by atoms with Gasteiger partial charge in [0.25, 0.3) is 5.56 Å². The molecule has 3 heterocycles. The lowest BCUT2D eigenvalue weighted by Crippen LogP contribution is -2.40. The second kappa shape index (κ2) is 6.12. The van der Waals surface area contributed by atoms with Crippen molar-refractivity contribution in [3.05, 3.63) is 50.4 Å². The molecule has 0 fully saturated rings. The van der Waals surface area contributed by atoms with E-state index in [0.717, 1.165) is 17.0 Å². The van der Waals surface area contributed by atoms with E-state index in [9.17, 15) is 9.59 Å². The maximum absolute atomic E-state index is 13.1. The number of fused-ring (bicyclic) bond motifs is 1. The van der Waals surface area contributed by atoms with Crippen molar-refractivity contribution in [2.75, 3.05) is 0 Å². The highest BCUT2D eigenvalue weighted by molar-refractivity contribution is 5.73. The summed E-state index contributed by atoms with van der Waals surface area (Å²) in [4.78, 5) is 30.4. The van der Waals surface area contributed by atoms with Crippen molar-refractivity contribution in [1.29, 1.82) is 0 Å². The zero-order valence-electron chi connectivity index (χ0n) is 16.1. The molecular formula is C18H24N6O2. The average Bonchev–Trinajstić information content (AvgIpc) is 3.09. The van der Waals surface area contributed by atoms with Gasteiger partial charge in [0, 0.05) is 18.8 Å². The molecule has 0 aromatic carbocycles. The molecule has 0 aliphatic carbocycles. The summed E-state index contributed by atoms with van der Waals surface area (Å²) >= 11 is 0. The topological polar surface area (TPSA) is 79.6 Å². The number of aromatic nitrogens is 6. The van der Waals surface area contributed by atoms with E-state index < -0.39 is 5.69 Å². The Morgan fingerprint density at radius 1 is 1.27 bits per heavy atom. The normalized spacial score (nSPS) is 11.7. The summed E-state index contributed by atoms with van der Waals surface area (Å²) < 4.78 is 6.16. The van der Waals surface area contributed by atoms with Crippen LogP contribution >= 0.6 is 0 Å². The van der Waals surface area contributed by atoms with Gasteiger partial charge in [-0.3, -0.25) is 18.5 Å². The number of nitrogens with zero attached hydrogens (tertiary/aromatic N) is 6. The summed E-state index contributed by atoms with van der Waals surface area (Å²) in [5.41, 5.74) is 2.49. The minimum atomic E-state index is -0.404. The van der Waals surface area contributed by atoms with Gasteiger partial charge in [0.15, 0.2) is 11.2 Å². The third kappa shape index (κ3) is 2.61. The lowest BCUT2D eigenvalue weighted by atomic mass is 10.3. The van der Waals surface area contributed by atoms with Crippen LogP contribution in [0, 0.1) is 13.8 Å². The van der Waals surface area contributed by atoms with Crippen molar-refractivity contribution >= 4 is 11.2 Å². The van der Waals surface area contributed by atoms with E-state index in [1.165, 1.54) is 9.13 Å². The largest absolute Gasteiger partial charge is 0.332 e. The number of imidazole rings is 1. The third-order valence-electron chi connectivity index (χ3n) is 4.30. The first-order chi connectivity index (χ1) is 12.1. The summed E-state index contributed by atoms with van der Waals surface area (Å²) in [6.07, 6.45) is 0. The van der Waals surface area contributed by atoms with Crippen molar-refractivity contribution in [3.8, 4) is 5.95 Å². The Balaban J connectivity index is 2.49. The van der Waals surface area contributed by atoms with Crippen molar-refractivity contribution < 1.29 is 0 Å². The summed E-state index contributed by atoms with van der Waals surface area (Å²) in [5, 5.41) is 4.49. The highest BCUT2D eigenvalue weighted by Gasteiger charge is 2.23. The fourth-order valence-electron chi connectivity index (χ4n) is 3.21. The molecule has 0 spiro atoms. The van der Waals surface area contributed by atoms with Crippen LogP contribution in [0.3, 0.4) is 0 Å².